The van der Waals surface area contributed by atoms with Crippen molar-refractivity contribution in [3.63, 3.8) is 0 Å². The molecule has 3 aromatic rings. The monoisotopic (exact) mass is 321 g/mol. The highest BCUT2D eigenvalue weighted by Gasteiger charge is 2.28. The Morgan fingerprint density at radius 2 is 1.83 bits per heavy atom. The summed E-state index contributed by atoms with van der Waals surface area (Å²) in [6, 6.07) is 8.93. The van der Waals surface area contributed by atoms with Crippen LogP contribution >= 0.6 is 0 Å². The number of rotatable bonds is 3. The maximum atomic E-state index is 12.4. The molecule has 0 unspecified atom stereocenters. The van der Waals surface area contributed by atoms with Gasteiger partial charge in [-0.25, -0.2) is 9.97 Å². The average molecular weight is 321 g/mol. The van der Waals surface area contributed by atoms with E-state index in [1.165, 1.54) is 41.4 Å². The van der Waals surface area contributed by atoms with Crippen LogP contribution in [0.15, 0.2) is 53.7 Å². The van der Waals surface area contributed by atoms with Crippen molar-refractivity contribution >= 4 is 11.0 Å². The number of fused-ring (bicyclic) bond motifs is 1. The van der Waals surface area contributed by atoms with Crippen LogP contribution in [0.1, 0.15) is 0 Å². The Kier molecular flexibility index (Phi) is 3.73. The molecule has 0 aliphatic rings. The van der Waals surface area contributed by atoms with Crippen molar-refractivity contribution in [2.45, 2.75) is 6.18 Å². The Labute approximate surface area is 128 Å². The van der Waals surface area contributed by atoms with Crippen molar-refractivity contribution in [3.05, 3.63) is 59.3 Å². The van der Waals surface area contributed by atoms with Gasteiger partial charge in [-0.2, -0.15) is 13.2 Å². The molecule has 0 spiro atoms. The smallest absolute Gasteiger partial charge is 0.422 e. The summed E-state index contributed by atoms with van der Waals surface area (Å²) in [6.45, 7) is -1.37. The summed E-state index contributed by atoms with van der Waals surface area (Å²) in [4.78, 5) is 20.4. The lowest BCUT2D eigenvalue weighted by molar-refractivity contribution is -0.153. The van der Waals surface area contributed by atoms with Gasteiger partial charge in [0.15, 0.2) is 12.3 Å². The molecule has 0 aliphatic heterocycles. The summed E-state index contributed by atoms with van der Waals surface area (Å²) in [5, 5.41) is 0.354. The summed E-state index contributed by atoms with van der Waals surface area (Å²) in [5.41, 5.74) is 0.485. The lowest BCUT2D eigenvalue weighted by atomic mass is 10.3. The summed E-state index contributed by atoms with van der Waals surface area (Å²) in [6.07, 6.45) is -1.54. The highest BCUT2D eigenvalue weighted by atomic mass is 19.4. The summed E-state index contributed by atoms with van der Waals surface area (Å²) in [7, 11) is 0. The van der Waals surface area contributed by atoms with Crippen LogP contribution in [0.4, 0.5) is 13.2 Å². The first-order chi connectivity index (χ1) is 10.9. The second kappa shape index (κ2) is 5.71. The van der Waals surface area contributed by atoms with Crippen LogP contribution in [-0.2, 0) is 0 Å². The number of hydrogen-bond donors (Lipinski definition) is 0. The Bertz CT molecular complexity index is 889. The first kappa shape index (κ1) is 15.0. The molecule has 118 valence electrons. The molecule has 0 radical (unpaired) electrons. The third-order valence-electron chi connectivity index (χ3n) is 3.05. The van der Waals surface area contributed by atoms with Gasteiger partial charge in [-0.1, -0.05) is 0 Å². The number of pyridine rings is 1. The molecule has 0 amide bonds. The van der Waals surface area contributed by atoms with E-state index in [2.05, 4.69) is 14.7 Å². The van der Waals surface area contributed by atoms with Crippen LogP contribution in [-0.4, -0.2) is 27.3 Å². The zero-order chi connectivity index (χ0) is 16.4. The Balaban J connectivity index is 1.91. The molecule has 0 fully saturated rings. The van der Waals surface area contributed by atoms with E-state index in [4.69, 9.17) is 0 Å². The molecule has 0 saturated heterocycles. The number of nitrogens with zero attached hydrogens (tertiary/aromatic N) is 3. The van der Waals surface area contributed by atoms with Crippen molar-refractivity contribution in [1.29, 1.82) is 0 Å². The number of benzene rings is 1. The number of halogens is 3. The van der Waals surface area contributed by atoms with E-state index >= 15 is 0 Å². The summed E-state index contributed by atoms with van der Waals surface area (Å²) < 4.78 is 42.2. The van der Waals surface area contributed by atoms with Gasteiger partial charge in [0.05, 0.1) is 11.1 Å². The van der Waals surface area contributed by atoms with Gasteiger partial charge < -0.3 is 4.74 Å². The topological polar surface area (TPSA) is 57.0 Å². The molecule has 0 N–H and O–H groups in total. The molecule has 0 aliphatic carbocycles. The van der Waals surface area contributed by atoms with Gasteiger partial charge in [-0.05, 0) is 36.4 Å². The van der Waals surface area contributed by atoms with Crippen LogP contribution in [0, 0.1) is 0 Å². The minimum Gasteiger partial charge on any atom is -0.484 e. The van der Waals surface area contributed by atoms with Crippen LogP contribution in [0.25, 0.3) is 16.7 Å². The highest BCUT2D eigenvalue weighted by Crippen LogP contribution is 2.19. The molecule has 2 aromatic heterocycles. The Morgan fingerprint density at radius 1 is 1.09 bits per heavy atom. The third kappa shape index (κ3) is 3.31. The fraction of sp³-hybridized carbons (Fsp3) is 0.133. The molecule has 0 bridgehead atoms. The van der Waals surface area contributed by atoms with E-state index in [0.717, 1.165) is 0 Å². The van der Waals surface area contributed by atoms with E-state index in [0.29, 0.717) is 16.7 Å². The second-order valence-corrected chi connectivity index (χ2v) is 4.69. The van der Waals surface area contributed by atoms with Crippen LogP contribution in [0.2, 0.25) is 0 Å². The Hall–Kier alpha value is -2.90. The molecule has 3 rings (SSSR count). The average Bonchev–Trinajstić information content (AvgIpc) is 2.54. The van der Waals surface area contributed by atoms with E-state index in [1.807, 2.05) is 0 Å². The molecule has 0 atom stereocenters. The highest BCUT2D eigenvalue weighted by molar-refractivity contribution is 5.73. The summed E-state index contributed by atoms with van der Waals surface area (Å²) >= 11 is 0. The zero-order valence-corrected chi connectivity index (χ0v) is 11.6. The number of alkyl halides is 3. The van der Waals surface area contributed by atoms with Gasteiger partial charge in [-0.3, -0.25) is 9.36 Å². The van der Waals surface area contributed by atoms with Crippen LogP contribution in [0.5, 0.6) is 5.75 Å². The molecular weight excluding hydrogens is 311 g/mol. The number of hydrogen-bond acceptors (Lipinski definition) is 4. The van der Waals surface area contributed by atoms with Crippen molar-refractivity contribution in [2.75, 3.05) is 6.61 Å². The molecule has 8 heteroatoms. The van der Waals surface area contributed by atoms with Gasteiger partial charge in [0.1, 0.15) is 12.1 Å². The summed E-state index contributed by atoms with van der Waals surface area (Å²) in [5.74, 6) is 0.0644. The van der Waals surface area contributed by atoms with E-state index in [1.54, 1.807) is 12.1 Å². The molecule has 5 nitrogen and oxygen atoms in total. The Morgan fingerprint density at radius 3 is 2.52 bits per heavy atom. The molecule has 2 heterocycles. The molecular formula is C15H10F3N3O2. The maximum absolute atomic E-state index is 12.4. The minimum absolute atomic E-state index is 0.0644. The minimum atomic E-state index is -4.40. The third-order valence-corrected chi connectivity index (χ3v) is 3.05. The standard InChI is InChI=1S/C15H10F3N3O2/c16-15(17,18)8-23-11-5-3-10(4-6-11)21-9-20-13-12(14(21)22)2-1-7-19-13/h1-7,9H,8H2. The van der Waals surface area contributed by atoms with Gasteiger partial charge >= 0.3 is 6.18 Å². The maximum Gasteiger partial charge on any atom is 0.422 e. The van der Waals surface area contributed by atoms with Crippen LogP contribution < -0.4 is 10.3 Å². The molecule has 0 saturated carbocycles. The van der Waals surface area contributed by atoms with Crippen molar-refractivity contribution in [2.24, 2.45) is 0 Å². The molecule has 23 heavy (non-hydrogen) atoms. The molecule has 1 aromatic carbocycles. The predicted molar refractivity (Wildman–Crippen MR) is 76.7 cm³/mol. The lowest BCUT2D eigenvalue weighted by Gasteiger charge is -2.10. The fourth-order valence-corrected chi connectivity index (χ4v) is 2.01. The SMILES string of the molecule is O=c1c2cccnc2ncn1-c1ccc(OCC(F)(F)F)cc1. The second-order valence-electron chi connectivity index (χ2n) is 4.69. The predicted octanol–water partition coefficient (Wildman–Crippen LogP) is 2.72. The van der Waals surface area contributed by atoms with Crippen molar-refractivity contribution < 1.29 is 17.9 Å². The van der Waals surface area contributed by atoms with Gasteiger partial charge in [0, 0.05) is 6.20 Å². The van der Waals surface area contributed by atoms with E-state index in [-0.39, 0.29) is 11.3 Å². The number of aromatic nitrogens is 3. The van der Waals surface area contributed by atoms with E-state index in [9.17, 15) is 18.0 Å². The van der Waals surface area contributed by atoms with Gasteiger partial charge in [0.2, 0.25) is 0 Å². The zero-order valence-electron chi connectivity index (χ0n) is 11.6. The lowest BCUT2D eigenvalue weighted by Crippen LogP contribution is -2.20. The van der Waals surface area contributed by atoms with Crippen molar-refractivity contribution in [3.8, 4) is 11.4 Å². The largest absolute Gasteiger partial charge is 0.484 e. The van der Waals surface area contributed by atoms with Gasteiger partial charge in [-0.15, -0.1) is 0 Å². The van der Waals surface area contributed by atoms with Crippen LogP contribution in [0.3, 0.4) is 0 Å². The first-order valence-corrected chi connectivity index (χ1v) is 6.56. The van der Waals surface area contributed by atoms with Gasteiger partial charge in [0.25, 0.3) is 5.56 Å². The quantitative estimate of drug-likeness (QED) is 0.744. The number of ether oxygens (including phenoxy) is 1. The van der Waals surface area contributed by atoms with Crippen molar-refractivity contribution in [1.82, 2.24) is 14.5 Å². The first-order valence-electron chi connectivity index (χ1n) is 6.56. The normalized spacial score (nSPS) is 11.6. The van der Waals surface area contributed by atoms with E-state index < -0.39 is 12.8 Å². The fourth-order valence-electron chi connectivity index (χ4n) is 2.01.